The number of aliphatic carboxylic acids is 1. The average molecular weight is 214 g/mol. The van der Waals surface area contributed by atoms with Gasteiger partial charge in [0.1, 0.15) is 0 Å². The second kappa shape index (κ2) is 4.62. The summed E-state index contributed by atoms with van der Waals surface area (Å²) in [4.78, 5) is 20.8. The Bertz CT molecular complexity index is 336. The molecule has 4 nitrogen and oxygen atoms in total. The van der Waals surface area contributed by atoms with Crippen LogP contribution in [0.25, 0.3) is 0 Å². The number of anilines is 1. The second-order valence-corrected chi connectivity index (χ2v) is 3.04. The number of aldehydes is 1. The smallest absolute Gasteiger partial charge is 0.333 e. The molecule has 1 rings (SSSR count). The van der Waals surface area contributed by atoms with Crippen LogP contribution in [0, 0.1) is 0 Å². The normalized spacial score (nSPS) is 11.8. The molecular formula is C9H8ClNO3. The molecule has 2 N–H and O–H groups in total. The predicted molar refractivity (Wildman–Crippen MR) is 52.6 cm³/mol. The molecule has 0 aromatic heterocycles. The van der Waals surface area contributed by atoms with Crippen molar-refractivity contribution in [2.45, 2.75) is 6.04 Å². The van der Waals surface area contributed by atoms with E-state index in [1.54, 1.807) is 24.3 Å². The van der Waals surface area contributed by atoms with E-state index in [2.05, 4.69) is 5.32 Å². The van der Waals surface area contributed by atoms with Crippen molar-refractivity contribution in [2.24, 2.45) is 0 Å². The van der Waals surface area contributed by atoms with Gasteiger partial charge in [0, 0.05) is 10.7 Å². The van der Waals surface area contributed by atoms with E-state index in [4.69, 9.17) is 16.7 Å². The van der Waals surface area contributed by atoms with Crippen molar-refractivity contribution < 1.29 is 14.7 Å². The maximum absolute atomic E-state index is 10.5. The molecule has 0 aliphatic rings. The molecule has 0 spiro atoms. The van der Waals surface area contributed by atoms with Crippen molar-refractivity contribution in [2.75, 3.05) is 5.32 Å². The molecule has 0 saturated heterocycles. The summed E-state index contributed by atoms with van der Waals surface area (Å²) in [6.07, 6.45) is 0.330. The third kappa shape index (κ3) is 2.74. The van der Waals surface area contributed by atoms with Crippen LogP contribution < -0.4 is 5.32 Å². The van der Waals surface area contributed by atoms with Crippen molar-refractivity contribution in [3.05, 3.63) is 29.3 Å². The standard InChI is InChI=1S/C9H8ClNO3/c10-6-1-3-7(4-2-6)11-8(5-12)9(13)14/h1-5,8,11H,(H,13,14). The highest BCUT2D eigenvalue weighted by atomic mass is 35.5. The first-order valence-electron chi connectivity index (χ1n) is 3.83. The minimum absolute atomic E-state index is 0.330. The summed E-state index contributed by atoms with van der Waals surface area (Å²) in [5.74, 6) is -1.21. The molecule has 0 amide bonds. The van der Waals surface area contributed by atoms with Gasteiger partial charge in [-0.3, -0.25) is 0 Å². The fourth-order valence-electron chi connectivity index (χ4n) is 0.880. The van der Waals surface area contributed by atoms with Crippen molar-refractivity contribution in [3.63, 3.8) is 0 Å². The minimum Gasteiger partial charge on any atom is -0.479 e. The maximum Gasteiger partial charge on any atom is 0.333 e. The van der Waals surface area contributed by atoms with Gasteiger partial charge >= 0.3 is 5.97 Å². The maximum atomic E-state index is 10.5. The zero-order chi connectivity index (χ0) is 10.6. The van der Waals surface area contributed by atoms with E-state index in [0.717, 1.165) is 0 Å². The first-order valence-corrected chi connectivity index (χ1v) is 4.21. The van der Waals surface area contributed by atoms with Crippen LogP contribution in [-0.2, 0) is 9.59 Å². The van der Waals surface area contributed by atoms with Crippen LogP contribution in [0.15, 0.2) is 24.3 Å². The number of hydrogen-bond acceptors (Lipinski definition) is 3. The number of rotatable bonds is 4. The molecule has 0 heterocycles. The predicted octanol–water partition coefficient (Wildman–Crippen LogP) is 1.40. The van der Waals surface area contributed by atoms with Crippen LogP contribution in [-0.4, -0.2) is 23.4 Å². The Morgan fingerprint density at radius 2 is 2.00 bits per heavy atom. The number of carbonyl (C=O) groups excluding carboxylic acids is 1. The van der Waals surface area contributed by atoms with Crippen molar-refractivity contribution in [3.8, 4) is 0 Å². The van der Waals surface area contributed by atoms with Crippen LogP contribution in [0.5, 0.6) is 0 Å². The molecule has 0 saturated carbocycles. The number of carboxylic acids is 1. The fraction of sp³-hybridized carbons (Fsp3) is 0.111. The third-order valence-corrected chi connectivity index (χ3v) is 1.82. The van der Waals surface area contributed by atoms with Crippen molar-refractivity contribution in [1.82, 2.24) is 0 Å². The lowest BCUT2D eigenvalue weighted by atomic mass is 10.2. The van der Waals surface area contributed by atoms with E-state index in [-0.39, 0.29) is 0 Å². The molecule has 0 bridgehead atoms. The van der Waals surface area contributed by atoms with Gasteiger partial charge in [-0.25, -0.2) is 4.79 Å². The Balaban J connectivity index is 2.72. The molecule has 14 heavy (non-hydrogen) atoms. The van der Waals surface area contributed by atoms with Crippen LogP contribution in [0.2, 0.25) is 5.02 Å². The third-order valence-electron chi connectivity index (χ3n) is 1.57. The number of carbonyl (C=O) groups is 2. The summed E-state index contributed by atoms with van der Waals surface area (Å²) in [6, 6.07) is 5.18. The van der Waals surface area contributed by atoms with Crippen LogP contribution in [0.4, 0.5) is 5.69 Å². The first-order chi connectivity index (χ1) is 6.63. The van der Waals surface area contributed by atoms with E-state index in [1.165, 1.54) is 0 Å². The molecule has 1 aromatic rings. The lowest BCUT2D eigenvalue weighted by molar-refractivity contribution is -0.139. The summed E-state index contributed by atoms with van der Waals surface area (Å²) < 4.78 is 0. The molecule has 5 heteroatoms. The van der Waals surface area contributed by atoms with Gasteiger partial charge in [0.2, 0.25) is 0 Å². The SMILES string of the molecule is O=CC(Nc1ccc(Cl)cc1)C(=O)O. The zero-order valence-electron chi connectivity index (χ0n) is 7.11. The van der Waals surface area contributed by atoms with E-state index in [1.807, 2.05) is 0 Å². The Hall–Kier alpha value is -1.55. The van der Waals surface area contributed by atoms with Crippen LogP contribution in [0.1, 0.15) is 0 Å². The highest BCUT2D eigenvalue weighted by Gasteiger charge is 2.14. The summed E-state index contributed by atoms with van der Waals surface area (Å²) >= 11 is 5.63. The van der Waals surface area contributed by atoms with Gasteiger partial charge in [0.05, 0.1) is 0 Å². The first kappa shape index (κ1) is 10.5. The van der Waals surface area contributed by atoms with E-state index in [9.17, 15) is 9.59 Å². The number of halogens is 1. The highest BCUT2D eigenvalue weighted by molar-refractivity contribution is 6.30. The summed E-state index contributed by atoms with van der Waals surface area (Å²) in [5.41, 5.74) is 0.536. The number of hydrogen-bond donors (Lipinski definition) is 2. The fourth-order valence-corrected chi connectivity index (χ4v) is 1.01. The summed E-state index contributed by atoms with van der Waals surface area (Å²) in [7, 11) is 0. The zero-order valence-corrected chi connectivity index (χ0v) is 7.86. The molecule has 1 aromatic carbocycles. The quantitative estimate of drug-likeness (QED) is 0.586. The molecule has 0 aliphatic heterocycles. The van der Waals surface area contributed by atoms with Gasteiger partial charge in [-0.1, -0.05) is 11.6 Å². The van der Waals surface area contributed by atoms with Crippen molar-refractivity contribution in [1.29, 1.82) is 0 Å². The second-order valence-electron chi connectivity index (χ2n) is 2.60. The molecule has 74 valence electrons. The van der Waals surface area contributed by atoms with E-state index in [0.29, 0.717) is 17.0 Å². The number of benzene rings is 1. The topological polar surface area (TPSA) is 66.4 Å². The number of carboxylic acid groups (broad SMARTS) is 1. The molecule has 0 aliphatic carbocycles. The average Bonchev–Trinajstić information content (AvgIpc) is 2.16. The Kier molecular flexibility index (Phi) is 3.48. The monoisotopic (exact) mass is 213 g/mol. The molecule has 0 radical (unpaired) electrons. The number of nitrogens with one attached hydrogen (secondary N) is 1. The Labute approximate surface area is 85.5 Å². The summed E-state index contributed by atoms with van der Waals surface area (Å²) in [6.45, 7) is 0. The summed E-state index contributed by atoms with van der Waals surface area (Å²) in [5, 5.41) is 11.6. The lowest BCUT2D eigenvalue weighted by Gasteiger charge is -2.08. The van der Waals surface area contributed by atoms with E-state index < -0.39 is 12.0 Å². The Morgan fingerprint density at radius 1 is 1.43 bits per heavy atom. The lowest BCUT2D eigenvalue weighted by Crippen LogP contribution is -2.30. The molecule has 1 unspecified atom stereocenters. The van der Waals surface area contributed by atoms with Gasteiger partial charge in [-0.05, 0) is 24.3 Å². The molecule has 0 fully saturated rings. The van der Waals surface area contributed by atoms with Gasteiger partial charge in [-0.2, -0.15) is 0 Å². The van der Waals surface area contributed by atoms with Crippen LogP contribution in [0.3, 0.4) is 0 Å². The largest absolute Gasteiger partial charge is 0.479 e. The minimum atomic E-state index is -1.23. The Morgan fingerprint density at radius 3 is 2.43 bits per heavy atom. The highest BCUT2D eigenvalue weighted by Crippen LogP contribution is 2.13. The van der Waals surface area contributed by atoms with Crippen LogP contribution >= 0.6 is 11.6 Å². The molecule has 1 atom stereocenters. The van der Waals surface area contributed by atoms with Gasteiger partial charge in [0.15, 0.2) is 12.3 Å². The van der Waals surface area contributed by atoms with Crippen molar-refractivity contribution >= 4 is 29.5 Å². The van der Waals surface area contributed by atoms with E-state index >= 15 is 0 Å². The molecular weight excluding hydrogens is 206 g/mol. The van der Waals surface area contributed by atoms with Gasteiger partial charge in [0.25, 0.3) is 0 Å². The van der Waals surface area contributed by atoms with Gasteiger partial charge in [-0.15, -0.1) is 0 Å². The van der Waals surface area contributed by atoms with Gasteiger partial charge < -0.3 is 15.2 Å².